The average molecular weight is 305 g/mol. The highest BCUT2D eigenvalue weighted by molar-refractivity contribution is 7.90. The molecule has 1 N–H and O–H groups in total. The molecule has 1 rings (SSSR count). The number of benzene rings is 1. The molecule has 0 atom stereocenters. The van der Waals surface area contributed by atoms with Gasteiger partial charge >= 0.3 is 0 Å². The second kappa shape index (κ2) is 7.85. The first-order chi connectivity index (χ1) is 8.87. The molecule has 0 unspecified atom stereocenters. The van der Waals surface area contributed by atoms with Crippen LogP contribution < -0.4 is 5.32 Å². The Morgan fingerprint density at radius 2 is 1.84 bits per heavy atom. The number of halogens is 1. The van der Waals surface area contributed by atoms with Gasteiger partial charge in [-0.2, -0.15) is 0 Å². The summed E-state index contributed by atoms with van der Waals surface area (Å²) in [7, 11) is -0.831. The lowest BCUT2D eigenvalue weighted by Gasteiger charge is -2.17. The Kier molecular flexibility index (Phi) is 6.79. The zero-order valence-corrected chi connectivity index (χ0v) is 13.0. The SMILES string of the molecule is CN(CCNCCS(C)(=O)=O)Cc1ccc(Cl)cc1. The van der Waals surface area contributed by atoms with Gasteiger partial charge in [-0.15, -0.1) is 0 Å². The van der Waals surface area contributed by atoms with Crippen LogP contribution in [-0.4, -0.2) is 52.0 Å². The van der Waals surface area contributed by atoms with Crippen LogP contribution in [0.4, 0.5) is 0 Å². The van der Waals surface area contributed by atoms with Crippen LogP contribution in [-0.2, 0) is 16.4 Å². The summed E-state index contributed by atoms with van der Waals surface area (Å²) in [5.41, 5.74) is 1.21. The molecule has 0 bridgehead atoms. The highest BCUT2D eigenvalue weighted by Gasteiger charge is 2.02. The summed E-state index contributed by atoms with van der Waals surface area (Å²) in [5, 5.41) is 3.87. The molecule has 19 heavy (non-hydrogen) atoms. The van der Waals surface area contributed by atoms with Crippen LogP contribution in [0.25, 0.3) is 0 Å². The zero-order valence-electron chi connectivity index (χ0n) is 11.4. The van der Waals surface area contributed by atoms with Crippen LogP contribution in [0.5, 0.6) is 0 Å². The minimum atomic E-state index is -2.87. The van der Waals surface area contributed by atoms with E-state index in [9.17, 15) is 8.42 Å². The van der Waals surface area contributed by atoms with E-state index in [1.165, 1.54) is 11.8 Å². The Morgan fingerprint density at radius 1 is 1.21 bits per heavy atom. The summed E-state index contributed by atoms with van der Waals surface area (Å²) in [6.07, 6.45) is 1.25. The Labute approximate surface area is 120 Å². The molecule has 4 nitrogen and oxygen atoms in total. The molecule has 0 aliphatic rings. The van der Waals surface area contributed by atoms with Crippen LogP contribution >= 0.6 is 11.6 Å². The van der Waals surface area contributed by atoms with E-state index in [1.54, 1.807) is 0 Å². The predicted molar refractivity (Wildman–Crippen MR) is 80.4 cm³/mol. The van der Waals surface area contributed by atoms with Crippen LogP contribution in [0.1, 0.15) is 5.56 Å². The molecule has 0 fully saturated rings. The van der Waals surface area contributed by atoms with Crippen molar-refractivity contribution in [2.45, 2.75) is 6.54 Å². The van der Waals surface area contributed by atoms with Crippen molar-refractivity contribution in [1.82, 2.24) is 10.2 Å². The standard InChI is InChI=1S/C13H21ClN2O2S/c1-16(9-7-15-8-10-19(2,17)18)11-12-3-5-13(14)6-4-12/h3-6,15H,7-11H2,1-2H3. The lowest BCUT2D eigenvalue weighted by Crippen LogP contribution is -2.31. The largest absolute Gasteiger partial charge is 0.314 e. The maximum absolute atomic E-state index is 10.9. The number of likely N-dealkylation sites (N-methyl/N-ethyl adjacent to an activating group) is 1. The fourth-order valence-electron chi connectivity index (χ4n) is 1.63. The van der Waals surface area contributed by atoms with Gasteiger partial charge < -0.3 is 10.2 Å². The fourth-order valence-corrected chi connectivity index (χ4v) is 2.27. The van der Waals surface area contributed by atoms with Crippen molar-refractivity contribution in [3.8, 4) is 0 Å². The van der Waals surface area contributed by atoms with E-state index in [2.05, 4.69) is 10.2 Å². The number of hydrogen-bond donors (Lipinski definition) is 1. The summed E-state index contributed by atoms with van der Waals surface area (Å²) in [6.45, 7) is 3.00. The summed E-state index contributed by atoms with van der Waals surface area (Å²) < 4.78 is 21.9. The van der Waals surface area contributed by atoms with E-state index in [-0.39, 0.29) is 5.75 Å². The Hall–Kier alpha value is -0.620. The Balaban J connectivity index is 2.18. The van der Waals surface area contributed by atoms with Crippen molar-refractivity contribution in [2.75, 3.05) is 38.7 Å². The van der Waals surface area contributed by atoms with Gasteiger partial charge in [0.2, 0.25) is 0 Å². The minimum Gasteiger partial charge on any atom is -0.314 e. The molecular weight excluding hydrogens is 284 g/mol. The average Bonchev–Trinajstić information content (AvgIpc) is 2.30. The van der Waals surface area contributed by atoms with Crippen LogP contribution in [0.15, 0.2) is 24.3 Å². The molecular formula is C13H21ClN2O2S. The fraction of sp³-hybridized carbons (Fsp3) is 0.538. The highest BCUT2D eigenvalue weighted by atomic mass is 35.5. The molecule has 108 valence electrons. The molecule has 0 heterocycles. The number of rotatable bonds is 8. The molecule has 0 saturated carbocycles. The van der Waals surface area contributed by atoms with Crippen LogP contribution in [0, 0.1) is 0 Å². The predicted octanol–water partition coefficient (Wildman–Crippen LogP) is 1.41. The number of hydrogen-bond acceptors (Lipinski definition) is 4. The third kappa shape index (κ3) is 8.21. The molecule has 0 radical (unpaired) electrons. The highest BCUT2D eigenvalue weighted by Crippen LogP contribution is 2.10. The van der Waals surface area contributed by atoms with Gasteiger partial charge in [-0.3, -0.25) is 0 Å². The van der Waals surface area contributed by atoms with Gasteiger partial charge in [-0.25, -0.2) is 8.42 Å². The van der Waals surface area contributed by atoms with Crippen molar-refractivity contribution >= 4 is 21.4 Å². The monoisotopic (exact) mass is 304 g/mol. The minimum absolute atomic E-state index is 0.188. The van der Waals surface area contributed by atoms with Gasteiger partial charge in [0, 0.05) is 37.5 Å². The van der Waals surface area contributed by atoms with Crippen LogP contribution in [0.3, 0.4) is 0 Å². The third-order valence-electron chi connectivity index (χ3n) is 2.69. The van der Waals surface area contributed by atoms with Gasteiger partial charge in [0.25, 0.3) is 0 Å². The van der Waals surface area contributed by atoms with Crippen molar-refractivity contribution in [3.63, 3.8) is 0 Å². The third-order valence-corrected chi connectivity index (χ3v) is 3.88. The topological polar surface area (TPSA) is 49.4 Å². The molecule has 0 aliphatic heterocycles. The van der Waals surface area contributed by atoms with E-state index in [4.69, 9.17) is 11.6 Å². The van der Waals surface area contributed by atoms with Gasteiger partial charge in [-0.05, 0) is 24.7 Å². The summed E-state index contributed by atoms with van der Waals surface area (Å²) in [4.78, 5) is 2.18. The summed E-state index contributed by atoms with van der Waals surface area (Å²) >= 11 is 5.83. The summed E-state index contributed by atoms with van der Waals surface area (Å²) in [6, 6.07) is 7.79. The molecule has 1 aromatic rings. The molecule has 0 saturated heterocycles. The number of nitrogens with one attached hydrogen (secondary N) is 1. The van der Waals surface area contributed by atoms with E-state index in [0.717, 1.165) is 24.7 Å². The maximum atomic E-state index is 10.9. The quantitative estimate of drug-likeness (QED) is 0.738. The summed E-state index contributed by atoms with van der Waals surface area (Å²) in [5.74, 6) is 0.188. The number of nitrogens with zero attached hydrogens (tertiary/aromatic N) is 1. The molecule has 0 amide bonds. The first-order valence-corrected chi connectivity index (χ1v) is 8.62. The molecule has 0 spiro atoms. The maximum Gasteiger partial charge on any atom is 0.148 e. The molecule has 0 aromatic heterocycles. The van der Waals surface area contributed by atoms with E-state index in [0.29, 0.717) is 6.54 Å². The normalized spacial score (nSPS) is 12.0. The lowest BCUT2D eigenvalue weighted by molar-refractivity contribution is 0.325. The van der Waals surface area contributed by atoms with E-state index in [1.807, 2.05) is 31.3 Å². The molecule has 6 heteroatoms. The zero-order chi connectivity index (χ0) is 14.3. The smallest absolute Gasteiger partial charge is 0.148 e. The first kappa shape index (κ1) is 16.4. The van der Waals surface area contributed by atoms with E-state index < -0.39 is 9.84 Å². The Bertz CT molecular complexity index is 474. The second-order valence-corrected chi connectivity index (χ2v) is 7.44. The van der Waals surface area contributed by atoms with E-state index >= 15 is 0 Å². The molecule has 1 aromatic carbocycles. The number of sulfone groups is 1. The Morgan fingerprint density at radius 3 is 2.42 bits per heavy atom. The van der Waals surface area contributed by atoms with Crippen molar-refractivity contribution < 1.29 is 8.42 Å². The molecule has 0 aliphatic carbocycles. The van der Waals surface area contributed by atoms with Gasteiger partial charge in [0.05, 0.1) is 5.75 Å². The van der Waals surface area contributed by atoms with Crippen LogP contribution in [0.2, 0.25) is 5.02 Å². The van der Waals surface area contributed by atoms with Gasteiger partial charge in [-0.1, -0.05) is 23.7 Å². The second-order valence-electron chi connectivity index (χ2n) is 4.74. The lowest BCUT2D eigenvalue weighted by atomic mass is 10.2. The van der Waals surface area contributed by atoms with Crippen molar-refractivity contribution in [1.29, 1.82) is 0 Å². The van der Waals surface area contributed by atoms with Gasteiger partial charge in [0.1, 0.15) is 9.84 Å². The first-order valence-electron chi connectivity index (χ1n) is 6.18. The van der Waals surface area contributed by atoms with Crippen molar-refractivity contribution in [3.05, 3.63) is 34.9 Å². The van der Waals surface area contributed by atoms with Crippen molar-refractivity contribution in [2.24, 2.45) is 0 Å². The van der Waals surface area contributed by atoms with Gasteiger partial charge in [0.15, 0.2) is 0 Å².